The van der Waals surface area contributed by atoms with Crippen LogP contribution in [0.3, 0.4) is 0 Å². The van der Waals surface area contributed by atoms with E-state index in [2.05, 4.69) is 75.2 Å². The first-order valence-corrected chi connectivity index (χ1v) is 23.5. The predicted octanol–water partition coefficient (Wildman–Crippen LogP) is 9.03. The molecule has 4 N–H and O–H groups in total. The van der Waals surface area contributed by atoms with E-state index in [1.165, 1.54) is 67.7 Å². The summed E-state index contributed by atoms with van der Waals surface area (Å²) < 4.78 is 9.63. The summed E-state index contributed by atoms with van der Waals surface area (Å²) in [7, 11) is 2.61. The Morgan fingerprint density at radius 1 is 0.677 bits per heavy atom. The van der Waals surface area contributed by atoms with E-state index in [1.807, 2.05) is 43.7 Å². The molecule has 4 atom stereocenters. The number of nitrogens with one attached hydrogen (secondary N) is 4. The summed E-state index contributed by atoms with van der Waals surface area (Å²) >= 11 is 0. The van der Waals surface area contributed by atoms with Crippen LogP contribution in [-0.4, -0.2) is 93.1 Å². The molecular formula is C51H62N8O6. The fourth-order valence-corrected chi connectivity index (χ4v) is 11.2. The minimum Gasteiger partial charge on any atom is -0.453 e. The second-order valence-corrected chi connectivity index (χ2v) is 19.4. The summed E-state index contributed by atoms with van der Waals surface area (Å²) in [6.45, 7) is 8.89. The minimum atomic E-state index is -0.689. The van der Waals surface area contributed by atoms with Crippen LogP contribution in [0.5, 0.6) is 0 Å². The van der Waals surface area contributed by atoms with E-state index in [9.17, 15) is 19.2 Å². The molecule has 65 heavy (non-hydrogen) atoms. The van der Waals surface area contributed by atoms with E-state index in [1.54, 1.807) is 0 Å². The highest BCUT2D eigenvalue weighted by Crippen LogP contribution is 2.53. The van der Waals surface area contributed by atoms with Crippen molar-refractivity contribution < 1.29 is 28.7 Å². The van der Waals surface area contributed by atoms with E-state index in [0.717, 1.165) is 78.0 Å². The lowest BCUT2D eigenvalue weighted by Gasteiger charge is -2.30. The maximum Gasteiger partial charge on any atom is 0.407 e. The van der Waals surface area contributed by atoms with Gasteiger partial charge in [-0.3, -0.25) is 9.59 Å². The largest absolute Gasteiger partial charge is 0.453 e. The third-order valence-corrected chi connectivity index (χ3v) is 14.6. The fraction of sp³-hybridized carbons (Fsp3) is 0.490. The molecule has 2 aromatic heterocycles. The number of rotatable bonds is 11. The molecule has 14 heteroatoms. The maximum absolute atomic E-state index is 13.8. The van der Waals surface area contributed by atoms with Crippen molar-refractivity contribution in [3.05, 3.63) is 83.6 Å². The number of alkyl carbamates (subject to hydrolysis) is 2. The number of fused-ring (bicyclic) bond motifs is 2. The van der Waals surface area contributed by atoms with E-state index >= 15 is 0 Å². The third kappa shape index (κ3) is 8.47. The van der Waals surface area contributed by atoms with Gasteiger partial charge in [-0.25, -0.2) is 19.6 Å². The van der Waals surface area contributed by atoms with Gasteiger partial charge in [0.25, 0.3) is 0 Å². The Hall–Kier alpha value is -6.18. The number of likely N-dealkylation sites (tertiary alicyclic amines) is 2. The van der Waals surface area contributed by atoms with E-state index < -0.39 is 24.3 Å². The number of methoxy groups -OCH3 is 2. The van der Waals surface area contributed by atoms with Crippen LogP contribution < -0.4 is 10.6 Å². The van der Waals surface area contributed by atoms with Crippen molar-refractivity contribution in [2.24, 2.45) is 17.3 Å². The van der Waals surface area contributed by atoms with E-state index in [0.29, 0.717) is 18.5 Å². The zero-order valence-electron chi connectivity index (χ0n) is 38.5. The van der Waals surface area contributed by atoms with Crippen LogP contribution in [0.2, 0.25) is 0 Å². The summed E-state index contributed by atoms with van der Waals surface area (Å²) in [5.41, 5.74) is 11.8. The summed E-state index contributed by atoms with van der Waals surface area (Å²) in [5.74, 6) is 1.06. The van der Waals surface area contributed by atoms with Gasteiger partial charge in [-0.1, -0.05) is 83.0 Å². The smallest absolute Gasteiger partial charge is 0.407 e. The van der Waals surface area contributed by atoms with Crippen molar-refractivity contribution in [1.29, 1.82) is 0 Å². The van der Waals surface area contributed by atoms with Crippen LogP contribution in [0.25, 0.3) is 44.5 Å². The first kappa shape index (κ1) is 44.0. The molecule has 2 saturated heterocycles. The van der Waals surface area contributed by atoms with Crippen molar-refractivity contribution in [2.45, 2.75) is 116 Å². The number of carbonyl (C=O) groups excluding carboxylic acids is 4. The second kappa shape index (κ2) is 18.0. The van der Waals surface area contributed by atoms with E-state index in [-0.39, 0.29) is 35.7 Å². The standard InChI is InChI=1S/C51H62N8O6/c1-29(2)43(56-49(62)64-5)47(60)58-23-9-11-41(58)45-52-28-40(55-45)32-15-13-31(14-16-32)34-18-19-35(37-27-51(26-36(34)37)21-7-8-22-51)33-17-20-38-39(25-33)54-46(53-38)42-12-10-24-59(42)48(61)44(30(3)4)57-50(63)65-6/h13-20,25,28-30,41-44H,7-12,21-24,26-27H2,1-6H3,(H,52,55)(H,53,54)(H,56,62)(H,57,63)/t41-,42?,43?,44+/m0/s1. The number of imidazole rings is 2. The molecule has 2 aliphatic heterocycles. The fourth-order valence-electron chi connectivity index (χ4n) is 11.2. The normalized spacial score (nSPS) is 19.9. The molecule has 0 radical (unpaired) electrons. The summed E-state index contributed by atoms with van der Waals surface area (Å²) in [6.07, 6.45) is 11.1. The Balaban J connectivity index is 0.964. The number of aromatic nitrogens is 4. The highest BCUT2D eigenvalue weighted by Gasteiger charge is 2.42. The summed E-state index contributed by atoms with van der Waals surface area (Å²) in [5, 5.41) is 5.47. The van der Waals surface area contributed by atoms with Crippen molar-refractivity contribution >= 4 is 35.0 Å². The highest BCUT2D eigenvalue weighted by atomic mass is 16.5. The minimum absolute atomic E-state index is 0.104. The number of H-pyrrole nitrogens is 2. The Morgan fingerprint density at radius 2 is 1.20 bits per heavy atom. The number of benzene rings is 3. The van der Waals surface area contributed by atoms with Gasteiger partial charge in [-0.2, -0.15) is 0 Å². The monoisotopic (exact) mass is 882 g/mol. The van der Waals surface area contributed by atoms with Gasteiger partial charge in [-0.05, 0) is 120 Å². The molecule has 3 aromatic carbocycles. The molecule has 9 rings (SSSR count). The van der Waals surface area contributed by atoms with Crippen LogP contribution in [0.15, 0.2) is 60.8 Å². The molecule has 14 nitrogen and oxygen atoms in total. The SMILES string of the molecule is COC(=O)NC(C(=O)N1CCC[C@H]1c1ncc(-c2ccc(-c3ccc(-c4ccc5nc(C6CCCN6C(=O)[C@H](NC(=O)OC)C(C)C)[nH]c5c4)c4c3CC3(CCCC3)C4)cc2)[nH]1)C(C)C. The lowest BCUT2D eigenvalue weighted by Crippen LogP contribution is -2.51. The zero-order chi connectivity index (χ0) is 45.6. The van der Waals surface area contributed by atoms with Crippen molar-refractivity contribution in [2.75, 3.05) is 27.3 Å². The number of nitrogens with zero attached hydrogens (tertiary/aromatic N) is 4. The Kier molecular flexibility index (Phi) is 12.2. The van der Waals surface area contributed by atoms with Gasteiger partial charge in [-0.15, -0.1) is 0 Å². The van der Waals surface area contributed by atoms with Crippen LogP contribution in [0, 0.1) is 17.3 Å². The quantitative estimate of drug-likeness (QED) is 0.102. The molecule has 1 spiro atoms. The molecule has 4 amide bonds. The Labute approximate surface area is 380 Å². The number of amides is 4. The first-order chi connectivity index (χ1) is 31.4. The Bertz CT molecular complexity index is 2590. The maximum atomic E-state index is 13.8. The van der Waals surface area contributed by atoms with Gasteiger partial charge >= 0.3 is 12.2 Å². The van der Waals surface area contributed by atoms with Crippen LogP contribution >= 0.6 is 0 Å². The van der Waals surface area contributed by atoms with Gasteiger partial charge in [0, 0.05) is 13.1 Å². The second-order valence-electron chi connectivity index (χ2n) is 19.4. The average molecular weight is 883 g/mol. The van der Waals surface area contributed by atoms with Crippen LogP contribution in [0.1, 0.15) is 114 Å². The van der Waals surface area contributed by atoms with Gasteiger partial charge in [0.15, 0.2) is 0 Å². The number of hydrogen-bond donors (Lipinski definition) is 4. The molecule has 3 fully saturated rings. The van der Waals surface area contributed by atoms with Gasteiger partial charge in [0.05, 0.1) is 49.2 Å². The topological polar surface area (TPSA) is 175 Å². The molecule has 1 saturated carbocycles. The molecule has 5 aromatic rings. The van der Waals surface area contributed by atoms with Crippen molar-refractivity contribution in [3.8, 4) is 33.5 Å². The lowest BCUT2D eigenvalue weighted by molar-refractivity contribution is -0.136. The van der Waals surface area contributed by atoms with Crippen LogP contribution in [0.4, 0.5) is 9.59 Å². The molecule has 342 valence electrons. The zero-order valence-corrected chi connectivity index (χ0v) is 38.5. The molecular weight excluding hydrogens is 821 g/mol. The molecule has 4 aliphatic rings. The lowest BCUT2D eigenvalue weighted by atomic mass is 9.82. The Morgan fingerprint density at radius 3 is 1.75 bits per heavy atom. The number of carbonyl (C=O) groups is 4. The first-order valence-electron chi connectivity index (χ1n) is 23.5. The molecule has 4 heterocycles. The van der Waals surface area contributed by atoms with E-state index in [4.69, 9.17) is 19.4 Å². The van der Waals surface area contributed by atoms with Crippen molar-refractivity contribution in [1.82, 2.24) is 40.4 Å². The summed E-state index contributed by atoms with van der Waals surface area (Å²) in [6, 6.07) is 18.0. The molecule has 2 unspecified atom stereocenters. The molecule has 2 aliphatic carbocycles. The number of hydrogen-bond acceptors (Lipinski definition) is 8. The predicted molar refractivity (Wildman–Crippen MR) is 249 cm³/mol. The number of ether oxygens (including phenoxy) is 2. The van der Waals surface area contributed by atoms with Crippen LogP contribution in [-0.2, 0) is 31.9 Å². The highest BCUT2D eigenvalue weighted by molar-refractivity contribution is 5.88. The summed E-state index contributed by atoms with van der Waals surface area (Å²) in [4.78, 5) is 72.3. The average Bonchev–Trinajstić information content (AvgIpc) is 4.17. The molecule has 0 bridgehead atoms. The van der Waals surface area contributed by atoms with Gasteiger partial charge < -0.3 is 39.9 Å². The number of aromatic amines is 2. The van der Waals surface area contributed by atoms with Gasteiger partial charge in [0.2, 0.25) is 11.8 Å². The van der Waals surface area contributed by atoms with Gasteiger partial charge in [0.1, 0.15) is 23.7 Å². The van der Waals surface area contributed by atoms with Crippen molar-refractivity contribution in [3.63, 3.8) is 0 Å². The third-order valence-electron chi connectivity index (χ3n) is 14.6.